The molecule has 0 amide bonds. The molecule has 0 fully saturated rings. The van der Waals surface area contributed by atoms with Crippen molar-refractivity contribution in [3.63, 3.8) is 0 Å². The Kier molecular flexibility index (Phi) is 8.34. The lowest BCUT2D eigenvalue weighted by Gasteiger charge is -2.11. The van der Waals surface area contributed by atoms with Gasteiger partial charge in [0.25, 0.3) is 0 Å². The fraction of sp³-hybridized carbons (Fsp3) is 0.778. The van der Waals surface area contributed by atoms with Gasteiger partial charge in [0, 0.05) is 5.56 Å². The maximum Gasteiger partial charge on any atom is 0.123 e. The second-order valence-corrected chi connectivity index (χ2v) is 12.3. The molecular weight excluding hydrogens is 276 g/mol. The minimum atomic E-state index is -1.40. The van der Waals surface area contributed by atoms with Gasteiger partial charge in [-0.1, -0.05) is 77.9 Å². The maximum absolute atomic E-state index is 10.2. The van der Waals surface area contributed by atoms with Crippen LogP contribution in [0.15, 0.2) is 16.7 Å². The number of hydrogen-bond donors (Lipinski definition) is 1. The van der Waals surface area contributed by atoms with E-state index in [-0.39, 0.29) is 6.10 Å². The number of hydrogen-bond acceptors (Lipinski definition) is 2. The van der Waals surface area contributed by atoms with Crippen molar-refractivity contribution in [3.8, 4) is 0 Å². The van der Waals surface area contributed by atoms with Gasteiger partial charge >= 0.3 is 0 Å². The van der Waals surface area contributed by atoms with Gasteiger partial charge < -0.3 is 9.52 Å². The second-order valence-electron chi connectivity index (χ2n) is 7.27. The summed E-state index contributed by atoms with van der Waals surface area (Å²) >= 11 is 0. The van der Waals surface area contributed by atoms with Crippen LogP contribution in [0.25, 0.3) is 0 Å². The van der Waals surface area contributed by atoms with E-state index in [0.29, 0.717) is 0 Å². The first-order valence-corrected chi connectivity index (χ1v) is 12.2. The van der Waals surface area contributed by atoms with Crippen LogP contribution in [0.1, 0.15) is 76.4 Å². The van der Waals surface area contributed by atoms with Crippen molar-refractivity contribution < 1.29 is 9.52 Å². The van der Waals surface area contributed by atoms with Crippen LogP contribution in [0.4, 0.5) is 0 Å². The Morgan fingerprint density at radius 2 is 1.57 bits per heavy atom. The van der Waals surface area contributed by atoms with Gasteiger partial charge in [-0.2, -0.15) is 0 Å². The standard InChI is InChI=1S/C18H34O2Si/c1-5-6-7-8-9-10-11-12-13-17(19)16-14-18(20-15-16)21(2,3)4/h14-15,17,19H,5-13H2,1-4H3. The lowest BCUT2D eigenvalue weighted by atomic mass is 10.0. The maximum atomic E-state index is 10.2. The molecule has 0 aliphatic carbocycles. The van der Waals surface area contributed by atoms with E-state index in [1.165, 1.54) is 44.9 Å². The Labute approximate surface area is 132 Å². The molecule has 0 aromatic carbocycles. The molecule has 1 rings (SSSR count). The third kappa shape index (κ3) is 7.32. The van der Waals surface area contributed by atoms with Crippen LogP contribution in [0.2, 0.25) is 19.6 Å². The Hall–Kier alpha value is -0.543. The number of aliphatic hydroxyl groups is 1. The zero-order chi connectivity index (χ0) is 15.7. The summed E-state index contributed by atoms with van der Waals surface area (Å²) in [6.07, 6.45) is 12.7. The van der Waals surface area contributed by atoms with E-state index in [1.54, 1.807) is 6.26 Å². The molecule has 0 radical (unpaired) electrons. The predicted molar refractivity (Wildman–Crippen MR) is 93.9 cm³/mol. The van der Waals surface area contributed by atoms with E-state index in [1.807, 2.05) is 0 Å². The highest BCUT2D eigenvalue weighted by atomic mass is 28.3. The van der Waals surface area contributed by atoms with Gasteiger partial charge in [-0.3, -0.25) is 0 Å². The highest BCUT2D eigenvalue weighted by Crippen LogP contribution is 2.21. The predicted octanol–water partition coefficient (Wildman–Crippen LogP) is 5.39. The molecule has 1 heterocycles. The average molecular weight is 311 g/mol. The van der Waals surface area contributed by atoms with E-state index in [4.69, 9.17) is 4.42 Å². The molecule has 21 heavy (non-hydrogen) atoms. The highest BCUT2D eigenvalue weighted by molar-refractivity contribution is 6.87. The highest BCUT2D eigenvalue weighted by Gasteiger charge is 2.22. The lowest BCUT2D eigenvalue weighted by Crippen LogP contribution is -2.36. The summed E-state index contributed by atoms with van der Waals surface area (Å²) in [6.45, 7) is 9.05. The van der Waals surface area contributed by atoms with Crippen LogP contribution >= 0.6 is 0 Å². The first-order chi connectivity index (χ1) is 9.95. The number of rotatable bonds is 11. The molecule has 1 N–H and O–H groups in total. The first kappa shape index (κ1) is 18.5. The van der Waals surface area contributed by atoms with Gasteiger partial charge in [0.2, 0.25) is 0 Å². The average Bonchev–Trinajstić information content (AvgIpc) is 2.91. The molecule has 2 nitrogen and oxygen atoms in total. The molecule has 1 aromatic heterocycles. The summed E-state index contributed by atoms with van der Waals surface area (Å²) in [6, 6.07) is 2.07. The van der Waals surface area contributed by atoms with Crippen molar-refractivity contribution in [2.24, 2.45) is 0 Å². The topological polar surface area (TPSA) is 33.4 Å². The third-order valence-electron chi connectivity index (χ3n) is 4.07. The molecule has 1 atom stereocenters. The van der Waals surface area contributed by atoms with Crippen molar-refractivity contribution in [1.29, 1.82) is 0 Å². The number of aliphatic hydroxyl groups excluding tert-OH is 1. The smallest absolute Gasteiger partial charge is 0.123 e. The van der Waals surface area contributed by atoms with E-state index < -0.39 is 8.07 Å². The normalized spacial score (nSPS) is 13.6. The molecule has 0 aliphatic rings. The monoisotopic (exact) mass is 310 g/mol. The van der Waals surface area contributed by atoms with Crippen LogP contribution < -0.4 is 5.38 Å². The van der Waals surface area contributed by atoms with Crippen molar-refractivity contribution in [2.75, 3.05) is 0 Å². The summed E-state index contributed by atoms with van der Waals surface area (Å²) in [7, 11) is -1.40. The van der Waals surface area contributed by atoms with E-state index in [9.17, 15) is 5.11 Å². The molecule has 0 saturated carbocycles. The van der Waals surface area contributed by atoms with E-state index in [0.717, 1.165) is 23.8 Å². The fourth-order valence-electron chi connectivity index (χ4n) is 2.56. The Morgan fingerprint density at radius 1 is 1.00 bits per heavy atom. The quantitative estimate of drug-likeness (QED) is 0.439. The summed E-state index contributed by atoms with van der Waals surface area (Å²) in [5, 5.41) is 11.3. The summed E-state index contributed by atoms with van der Waals surface area (Å²) < 4.78 is 5.63. The van der Waals surface area contributed by atoms with Gasteiger partial charge in [-0.15, -0.1) is 0 Å². The lowest BCUT2D eigenvalue weighted by molar-refractivity contribution is 0.162. The molecule has 0 bridgehead atoms. The zero-order valence-electron chi connectivity index (χ0n) is 14.5. The fourth-order valence-corrected chi connectivity index (χ4v) is 3.57. The van der Waals surface area contributed by atoms with Gasteiger partial charge in [0.15, 0.2) is 0 Å². The van der Waals surface area contributed by atoms with Gasteiger partial charge in [-0.25, -0.2) is 0 Å². The zero-order valence-corrected chi connectivity index (χ0v) is 15.5. The third-order valence-corrected chi connectivity index (χ3v) is 5.82. The van der Waals surface area contributed by atoms with Crippen LogP contribution in [-0.2, 0) is 0 Å². The van der Waals surface area contributed by atoms with Crippen LogP contribution in [0.5, 0.6) is 0 Å². The summed E-state index contributed by atoms with van der Waals surface area (Å²) in [5.74, 6) is 0. The minimum absolute atomic E-state index is 0.348. The first-order valence-electron chi connectivity index (χ1n) is 8.72. The summed E-state index contributed by atoms with van der Waals surface area (Å²) in [5.41, 5.74) is 0.968. The minimum Gasteiger partial charge on any atom is -0.474 e. The molecular formula is C18H34O2Si. The van der Waals surface area contributed by atoms with Gasteiger partial charge in [0.1, 0.15) is 8.07 Å². The SMILES string of the molecule is CCCCCCCCCCC(O)c1coc([Si](C)(C)C)c1. The second kappa shape index (κ2) is 9.47. The molecule has 0 spiro atoms. The molecule has 0 saturated heterocycles. The van der Waals surface area contributed by atoms with Crippen molar-refractivity contribution in [2.45, 2.75) is 90.5 Å². The molecule has 1 unspecified atom stereocenters. The molecule has 1 aromatic rings. The van der Waals surface area contributed by atoms with Crippen molar-refractivity contribution in [3.05, 3.63) is 17.9 Å². The Morgan fingerprint density at radius 3 is 2.10 bits per heavy atom. The molecule has 0 aliphatic heterocycles. The van der Waals surface area contributed by atoms with E-state index >= 15 is 0 Å². The van der Waals surface area contributed by atoms with Crippen LogP contribution in [0.3, 0.4) is 0 Å². The molecule has 122 valence electrons. The van der Waals surface area contributed by atoms with Crippen LogP contribution in [-0.4, -0.2) is 13.2 Å². The number of furan rings is 1. The van der Waals surface area contributed by atoms with Gasteiger partial charge in [-0.05, 0) is 12.5 Å². The van der Waals surface area contributed by atoms with E-state index in [2.05, 4.69) is 32.6 Å². The molecule has 3 heteroatoms. The van der Waals surface area contributed by atoms with Crippen molar-refractivity contribution in [1.82, 2.24) is 0 Å². The Bertz CT molecular complexity index is 379. The number of unbranched alkanes of at least 4 members (excludes halogenated alkanes) is 7. The van der Waals surface area contributed by atoms with Crippen molar-refractivity contribution >= 4 is 13.5 Å². The van der Waals surface area contributed by atoms with Crippen LogP contribution in [0, 0.1) is 0 Å². The Balaban J connectivity index is 2.16. The summed E-state index contributed by atoms with van der Waals surface area (Å²) in [4.78, 5) is 0. The van der Waals surface area contributed by atoms with Gasteiger partial charge in [0.05, 0.1) is 17.8 Å². The largest absolute Gasteiger partial charge is 0.474 e.